The number of carbonyl (C=O) groups is 1. The minimum absolute atomic E-state index is 0.102. The van der Waals surface area contributed by atoms with Crippen LogP contribution in [0.1, 0.15) is 15.9 Å². The van der Waals surface area contributed by atoms with Crippen molar-refractivity contribution in [3.05, 3.63) is 65.7 Å². The van der Waals surface area contributed by atoms with E-state index in [-0.39, 0.29) is 49.1 Å². The van der Waals surface area contributed by atoms with E-state index in [1.165, 1.54) is 37.7 Å². The third-order valence-electron chi connectivity index (χ3n) is 5.41. The molecule has 1 aliphatic heterocycles. The number of hydrogen-bond donors (Lipinski definition) is 1. The first-order valence-electron chi connectivity index (χ1n) is 11.2. The predicted molar refractivity (Wildman–Crippen MR) is 123 cm³/mol. The van der Waals surface area contributed by atoms with Crippen molar-refractivity contribution in [2.45, 2.75) is 18.6 Å². The van der Waals surface area contributed by atoms with Gasteiger partial charge in [-0.25, -0.2) is 14.4 Å². The molecule has 0 radical (unpaired) electrons. The van der Waals surface area contributed by atoms with Gasteiger partial charge < -0.3 is 24.3 Å². The Hall–Kier alpha value is -3.93. The minimum Gasteiger partial charge on any atom is -0.491 e. The monoisotopic (exact) mass is 521 g/mol. The second kappa shape index (κ2) is 11.4. The van der Waals surface area contributed by atoms with Crippen molar-refractivity contribution in [2.75, 3.05) is 33.5 Å². The van der Waals surface area contributed by atoms with Crippen LogP contribution in [0.25, 0.3) is 11.1 Å². The Morgan fingerprint density at radius 3 is 2.70 bits per heavy atom. The molecule has 4 rings (SSSR count). The number of methoxy groups -OCH3 is 1. The summed E-state index contributed by atoms with van der Waals surface area (Å²) in [6.07, 6.45) is -1.14. The molecule has 3 heterocycles. The number of rotatable bonds is 9. The van der Waals surface area contributed by atoms with Crippen LogP contribution in [0.15, 0.2) is 48.8 Å². The van der Waals surface area contributed by atoms with E-state index in [2.05, 4.69) is 20.0 Å². The standard InChI is InChI=1S/C25H23F4N3O5/c1-34-24-20(26)9-16(12-31-24)18-3-2-4-21-19(18)10-17(13-37-21)32-23(33)15-5-6-22(30-11-15)36-8-7-35-14-25(27,28)29/h2-6,9,11-12,17H,7-8,10,13-14H2,1H3,(H,32,33)/t17-/m0/s1. The lowest BCUT2D eigenvalue weighted by Crippen LogP contribution is -2.42. The molecular formula is C25H23F4N3O5. The van der Waals surface area contributed by atoms with Crippen molar-refractivity contribution in [2.24, 2.45) is 0 Å². The molecule has 1 N–H and O–H groups in total. The van der Waals surface area contributed by atoms with E-state index in [1.54, 1.807) is 12.1 Å². The van der Waals surface area contributed by atoms with Gasteiger partial charge in [0.05, 0.1) is 25.3 Å². The van der Waals surface area contributed by atoms with E-state index < -0.39 is 18.6 Å². The molecule has 0 spiro atoms. The van der Waals surface area contributed by atoms with Crippen LogP contribution in [-0.2, 0) is 11.2 Å². The van der Waals surface area contributed by atoms with Gasteiger partial charge in [-0.1, -0.05) is 12.1 Å². The van der Waals surface area contributed by atoms with Crippen molar-refractivity contribution < 1.29 is 41.3 Å². The Labute approximate surface area is 209 Å². The number of amides is 1. The quantitative estimate of drug-likeness (QED) is 0.336. The molecule has 1 amide bonds. The summed E-state index contributed by atoms with van der Waals surface area (Å²) in [6.45, 7) is -1.49. The van der Waals surface area contributed by atoms with Crippen molar-refractivity contribution >= 4 is 5.91 Å². The van der Waals surface area contributed by atoms with E-state index >= 15 is 0 Å². The first-order chi connectivity index (χ1) is 17.7. The molecule has 2 aromatic heterocycles. The number of pyridine rings is 2. The Bertz CT molecular complexity index is 1240. The zero-order valence-corrected chi connectivity index (χ0v) is 19.7. The van der Waals surface area contributed by atoms with E-state index in [4.69, 9.17) is 14.2 Å². The topological polar surface area (TPSA) is 91.8 Å². The van der Waals surface area contributed by atoms with Gasteiger partial charge in [0.15, 0.2) is 5.82 Å². The number of alkyl halides is 3. The third kappa shape index (κ3) is 6.85. The molecule has 12 heteroatoms. The van der Waals surface area contributed by atoms with Crippen LogP contribution in [0.2, 0.25) is 0 Å². The highest BCUT2D eigenvalue weighted by Gasteiger charge is 2.27. The van der Waals surface area contributed by atoms with Crippen molar-refractivity contribution in [1.29, 1.82) is 0 Å². The molecule has 0 unspecified atom stereocenters. The fourth-order valence-electron chi connectivity index (χ4n) is 3.75. The lowest BCUT2D eigenvalue weighted by atomic mass is 9.93. The summed E-state index contributed by atoms with van der Waals surface area (Å²) in [5.41, 5.74) is 2.35. The van der Waals surface area contributed by atoms with Gasteiger partial charge in [0.2, 0.25) is 11.8 Å². The highest BCUT2D eigenvalue weighted by Crippen LogP contribution is 2.35. The number of nitrogens with one attached hydrogen (secondary N) is 1. The molecule has 8 nitrogen and oxygen atoms in total. The molecule has 0 fully saturated rings. The summed E-state index contributed by atoms with van der Waals surface area (Å²) in [5, 5.41) is 2.90. The van der Waals surface area contributed by atoms with E-state index in [1.807, 2.05) is 6.07 Å². The van der Waals surface area contributed by atoms with Gasteiger partial charge in [-0.05, 0) is 23.8 Å². The zero-order chi connectivity index (χ0) is 26.4. The molecule has 0 saturated heterocycles. The van der Waals surface area contributed by atoms with Gasteiger partial charge in [-0.3, -0.25) is 4.79 Å². The first kappa shape index (κ1) is 26.1. The number of hydrogen-bond acceptors (Lipinski definition) is 7. The Morgan fingerprint density at radius 2 is 2.00 bits per heavy atom. The maximum absolute atomic E-state index is 14.2. The molecule has 1 atom stereocenters. The highest BCUT2D eigenvalue weighted by molar-refractivity contribution is 5.94. The van der Waals surface area contributed by atoms with Crippen molar-refractivity contribution in [3.8, 4) is 28.6 Å². The van der Waals surface area contributed by atoms with E-state index in [0.29, 0.717) is 17.7 Å². The highest BCUT2D eigenvalue weighted by atomic mass is 19.4. The molecule has 1 aromatic carbocycles. The second-order valence-corrected chi connectivity index (χ2v) is 8.08. The Kier molecular flexibility index (Phi) is 8.07. The number of aromatic nitrogens is 2. The van der Waals surface area contributed by atoms with Gasteiger partial charge in [-0.15, -0.1) is 0 Å². The van der Waals surface area contributed by atoms with Gasteiger partial charge in [0.1, 0.15) is 25.6 Å². The number of halogens is 4. The van der Waals surface area contributed by atoms with Crippen LogP contribution in [0.4, 0.5) is 17.6 Å². The zero-order valence-electron chi connectivity index (χ0n) is 19.7. The van der Waals surface area contributed by atoms with Gasteiger partial charge in [-0.2, -0.15) is 13.2 Å². The van der Waals surface area contributed by atoms with E-state index in [9.17, 15) is 22.4 Å². The van der Waals surface area contributed by atoms with Gasteiger partial charge >= 0.3 is 6.18 Å². The fourth-order valence-corrected chi connectivity index (χ4v) is 3.75. The summed E-state index contributed by atoms with van der Waals surface area (Å²) < 4.78 is 70.8. The van der Waals surface area contributed by atoms with Crippen molar-refractivity contribution in [3.63, 3.8) is 0 Å². The Balaban J connectivity index is 1.36. The first-order valence-corrected chi connectivity index (χ1v) is 11.2. The number of ether oxygens (including phenoxy) is 4. The summed E-state index contributed by atoms with van der Waals surface area (Å²) in [4.78, 5) is 20.8. The van der Waals surface area contributed by atoms with Gasteiger partial charge in [0, 0.05) is 36.0 Å². The maximum atomic E-state index is 14.2. The molecule has 0 saturated carbocycles. The number of benzene rings is 1. The number of nitrogens with zero attached hydrogens (tertiary/aromatic N) is 2. The lowest BCUT2D eigenvalue weighted by molar-refractivity contribution is -0.175. The second-order valence-electron chi connectivity index (χ2n) is 8.08. The van der Waals surface area contributed by atoms with Crippen LogP contribution >= 0.6 is 0 Å². The normalized spacial score (nSPS) is 14.9. The fraction of sp³-hybridized carbons (Fsp3) is 0.320. The van der Waals surface area contributed by atoms with Crippen LogP contribution in [0, 0.1) is 5.82 Å². The van der Waals surface area contributed by atoms with Crippen LogP contribution in [0.5, 0.6) is 17.5 Å². The summed E-state index contributed by atoms with van der Waals surface area (Å²) in [5.74, 6) is -0.296. The van der Waals surface area contributed by atoms with Gasteiger partial charge in [0.25, 0.3) is 5.91 Å². The largest absolute Gasteiger partial charge is 0.491 e. The number of fused-ring (bicyclic) bond motifs is 1. The van der Waals surface area contributed by atoms with E-state index in [0.717, 1.165) is 11.1 Å². The van der Waals surface area contributed by atoms with Crippen molar-refractivity contribution in [1.82, 2.24) is 15.3 Å². The molecular weight excluding hydrogens is 498 g/mol. The van der Waals surface area contributed by atoms with Crippen LogP contribution in [0.3, 0.4) is 0 Å². The average Bonchev–Trinajstić information content (AvgIpc) is 2.87. The summed E-state index contributed by atoms with van der Waals surface area (Å²) >= 11 is 0. The molecule has 3 aromatic rings. The molecule has 0 aliphatic carbocycles. The smallest absolute Gasteiger partial charge is 0.411 e. The van der Waals surface area contributed by atoms with Crippen LogP contribution in [-0.4, -0.2) is 61.6 Å². The molecule has 0 bridgehead atoms. The minimum atomic E-state index is -4.40. The third-order valence-corrected chi connectivity index (χ3v) is 5.41. The molecule has 1 aliphatic rings. The van der Waals surface area contributed by atoms with Crippen LogP contribution < -0.4 is 19.5 Å². The summed E-state index contributed by atoms with van der Waals surface area (Å²) in [6, 6.07) is 9.33. The Morgan fingerprint density at radius 1 is 1.16 bits per heavy atom. The molecule has 196 valence electrons. The lowest BCUT2D eigenvalue weighted by Gasteiger charge is -2.28. The SMILES string of the molecule is COc1ncc(-c2cccc3c2C[C@H](NC(=O)c2ccc(OCCOCC(F)(F)F)nc2)CO3)cc1F. The molecule has 37 heavy (non-hydrogen) atoms. The number of carbonyl (C=O) groups excluding carboxylic acids is 1. The summed E-state index contributed by atoms with van der Waals surface area (Å²) in [7, 11) is 1.34. The maximum Gasteiger partial charge on any atom is 0.411 e. The average molecular weight is 521 g/mol. The predicted octanol–water partition coefficient (Wildman–Crippen LogP) is 3.98.